The van der Waals surface area contributed by atoms with Gasteiger partial charge in [-0.2, -0.15) is 0 Å². The van der Waals surface area contributed by atoms with E-state index in [9.17, 15) is 0 Å². The summed E-state index contributed by atoms with van der Waals surface area (Å²) in [5.74, 6) is 0. The van der Waals surface area contributed by atoms with E-state index in [1.165, 1.54) is 24.2 Å². The van der Waals surface area contributed by atoms with Crippen molar-refractivity contribution in [3.63, 3.8) is 0 Å². The molecule has 1 aliphatic rings. The number of hydrogen-bond donors (Lipinski definition) is 0. The van der Waals surface area contributed by atoms with Crippen LogP contribution in [0.5, 0.6) is 0 Å². The fourth-order valence-electron chi connectivity index (χ4n) is 2.29. The van der Waals surface area contributed by atoms with Gasteiger partial charge in [0.05, 0.1) is 0 Å². The molecular weight excluding hydrogens is 224 g/mol. The topological polar surface area (TPSA) is 18.5 Å². The van der Waals surface area contributed by atoms with Crippen LogP contribution >= 0.6 is 0 Å². The molecule has 0 N–H and O–H groups in total. The van der Waals surface area contributed by atoms with Crippen LogP contribution < -0.4 is 0 Å². The lowest BCUT2D eigenvalue weighted by Gasteiger charge is -2.30. The molecule has 1 fully saturated rings. The summed E-state index contributed by atoms with van der Waals surface area (Å²) in [7, 11) is -2.60. The van der Waals surface area contributed by atoms with E-state index in [4.69, 9.17) is 8.54 Å². The Morgan fingerprint density at radius 3 is 2.64 bits per heavy atom. The Hall–Kier alpha value is 0.571. The first-order valence-corrected chi connectivity index (χ1v) is 12.9. The molecule has 1 aliphatic heterocycles. The number of hydrogen-bond acceptors (Lipinski definition) is 2. The summed E-state index contributed by atoms with van der Waals surface area (Å²) in [6.07, 6.45) is 1.78. The predicted molar refractivity (Wildman–Crippen MR) is 69.5 cm³/mol. The van der Waals surface area contributed by atoms with Crippen LogP contribution in [0.3, 0.4) is 0 Å². The Morgan fingerprint density at radius 1 is 1.29 bits per heavy atom. The van der Waals surface area contributed by atoms with Crippen molar-refractivity contribution < 1.29 is 8.54 Å². The van der Waals surface area contributed by atoms with E-state index >= 15 is 0 Å². The molecule has 2 nitrogen and oxygen atoms in total. The molecule has 0 bridgehead atoms. The van der Waals surface area contributed by atoms with Gasteiger partial charge >= 0.3 is 0 Å². The molecule has 1 heterocycles. The number of rotatable bonds is 2. The Morgan fingerprint density at radius 2 is 2.00 bits per heavy atom. The van der Waals surface area contributed by atoms with Crippen LogP contribution in [-0.2, 0) is 8.54 Å². The summed E-state index contributed by atoms with van der Waals surface area (Å²) in [5.41, 5.74) is 1.36. The summed E-state index contributed by atoms with van der Waals surface area (Å²) >= 11 is 0. The van der Waals surface area contributed by atoms with Crippen molar-refractivity contribution >= 4 is 27.1 Å². The van der Waals surface area contributed by atoms with Gasteiger partial charge in [-0.1, -0.05) is 13.3 Å². The zero-order valence-corrected chi connectivity index (χ0v) is 13.4. The average Bonchev–Trinajstić information content (AvgIpc) is 2.00. The molecule has 0 aromatic heterocycles. The highest BCUT2D eigenvalue weighted by Crippen LogP contribution is 2.18. The van der Waals surface area contributed by atoms with Crippen LogP contribution in [0.4, 0.5) is 0 Å². The maximum atomic E-state index is 6.20. The Bertz CT molecular complexity index is 154. The molecule has 0 spiro atoms. The molecule has 1 saturated heterocycles. The zero-order valence-electron chi connectivity index (χ0n) is 9.95. The first kappa shape index (κ1) is 12.6. The summed E-state index contributed by atoms with van der Waals surface area (Å²) in [6, 6.07) is 2.57. The average molecular weight is 249 g/mol. The van der Waals surface area contributed by atoms with Gasteiger partial charge in [-0.3, -0.25) is 0 Å². The van der Waals surface area contributed by atoms with Crippen molar-refractivity contribution in [2.75, 3.05) is 0 Å². The highest BCUT2D eigenvalue weighted by Gasteiger charge is 2.25. The molecule has 84 valence electrons. The summed E-state index contributed by atoms with van der Waals surface area (Å²) in [4.78, 5) is 0. The molecule has 0 aromatic carbocycles. The molecule has 0 aliphatic carbocycles. The van der Waals surface area contributed by atoms with Gasteiger partial charge in [0.25, 0.3) is 0 Å². The second-order valence-electron chi connectivity index (χ2n) is 4.59. The van der Waals surface area contributed by atoms with Crippen molar-refractivity contribution in [1.29, 1.82) is 0 Å². The molecule has 0 saturated carbocycles. The van der Waals surface area contributed by atoms with E-state index in [-0.39, 0.29) is 0 Å². The van der Waals surface area contributed by atoms with Crippen molar-refractivity contribution in [2.45, 2.75) is 57.2 Å². The Labute approximate surface area is 93.2 Å². The third-order valence-corrected chi connectivity index (χ3v) is 14.6. The largest absolute Gasteiger partial charge is 0.460 e. The molecule has 0 amide bonds. The first-order chi connectivity index (χ1) is 6.61. The standard InChI is InChI=1S/C9H24O2Si3/c1-5-6-14-8-13(4)11-12(3)7-9(2)10-14/h9,12-14H,5-8H2,1-4H3. The lowest BCUT2D eigenvalue weighted by molar-refractivity contribution is 0.235. The van der Waals surface area contributed by atoms with Crippen molar-refractivity contribution in [1.82, 2.24) is 0 Å². The zero-order chi connectivity index (χ0) is 10.6. The van der Waals surface area contributed by atoms with Gasteiger partial charge < -0.3 is 8.54 Å². The van der Waals surface area contributed by atoms with Crippen molar-refractivity contribution in [2.24, 2.45) is 0 Å². The van der Waals surface area contributed by atoms with Crippen LogP contribution in [0.25, 0.3) is 0 Å². The van der Waals surface area contributed by atoms with Gasteiger partial charge in [0.15, 0.2) is 27.1 Å². The molecule has 14 heavy (non-hydrogen) atoms. The minimum Gasteiger partial charge on any atom is -0.460 e. The van der Waals surface area contributed by atoms with E-state index in [0.717, 1.165) is 0 Å². The van der Waals surface area contributed by atoms with Crippen LogP contribution in [0.2, 0.25) is 30.8 Å². The lowest BCUT2D eigenvalue weighted by atomic mass is 10.5. The van der Waals surface area contributed by atoms with Crippen molar-refractivity contribution in [3.8, 4) is 0 Å². The summed E-state index contributed by atoms with van der Waals surface area (Å²) in [6.45, 7) is 9.19. The SMILES string of the molecule is CCC[SiH]1C[SiH](C)O[SiH](C)CC(C)O1. The minimum absolute atomic E-state index is 0.487. The van der Waals surface area contributed by atoms with E-state index < -0.39 is 27.1 Å². The van der Waals surface area contributed by atoms with Crippen LogP contribution in [0, 0.1) is 0 Å². The minimum atomic E-state index is -0.884. The second-order valence-corrected chi connectivity index (χ2v) is 13.4. The third kappa shape index (κ3) is 4.39. The van der Waals surface area contributed by atoms with Gasteiger partial charge in [-0.25, -0.2) is 0 Å². The summed E-state index contributed by atoms with van der Waals surface area (Å²) < 4.78 is 12.4. The highest BCUT2D eigenvalue weighted by molar-refractivity contribution is 6.75. The molecule has 0 aromatic rings. The van der Waals surface area contributed by atoms with E-state index in [2.05, 4.69) is 26.9 Å². The molecule has 0 radical (unpaired) electrons. The van der Waals surface area contributed by atoms with Gasteiger partial charge in [-0.05, 0) is 37.8 Å². The summed E-state index contributed by atoms with van der Waals surface area (Å²) in [5, 5.41) is 0. The van der Waals surface area contributed by atoms with Gasteiger partial charge in [0.1, 0.15) is 0 Å². The maximum Gasteiger partial charge on any atom is 0.176 e. The van der Waals surface area contributed by atoms with Crippen LogP contribution in [0.15, 0.2) is 0 Å². The van der Waals surface area contributed by atoms with E-state index in [1.807, 2.05) is 0 Å². The van der Waals surface area contributed by atoms with Gasteiger partial charge in [0.2, 0.25) is 0 Å². The fourth-order valence-corrected chi connectivity index (χ4v) is 14.5. The van der Waals surface area contributed by atoms with Crippen molar-refractivity contribution in [3.05, 3.63) is 0 Å². The normalized spacial score (nSPS) is 40.3. The molecule has 1 rings (SSSR count). The molecule has 4 atom stereocenters. The van der Waals surface area contributed by atoms with E-state index in [0.29, 0.717) is 6.10 Å². The monoisotopic (exact) mass is 248 g/mol. The smallest absolute Gasteiger partial charge is 0.176 e. The molecular formula is C9H24O2Si3. The van der Waals surface area contributed by atoms with Crippen LogP contribution in [0.1, 0.15) is 20.3 Å². The Kier molecular flexibility index (Phi) is 5.61. The second kappa shape index (κ2) is 6.22. The fraction of sp³-hybridized carbons (Fsp3) is 1.00. The molecule has 4 unspecified atom stereocenters. The molecule has 5 heteroatoms. The van der Waals surface area contributed by atoms with Gasteiger partial charge in [0, 0.05) is 6.10 Å². The Balaban J connectivity index is 2.47. The van der Waals surface area contributed by atoms with E-state index in [1.54, 1.807) is 0 Å². The van der Waals surface area contributed by atoms with Gasteiger partial charge in [-0.15, -0.1) is 0 Å². The third-order valence-electron chi connectivity index (χ3n) is 2.76. The quantitative estimate of drug-likeness (QED) is 0.694. The first-order valence-electron chi connectivity index (χ1n) is 5.92. The lowest BCUT2D eigenvalue weighted by Crippen LogP contribution is -2.38. The maximum absolute atomic E-state index is 6.20. The highest BCUT2D eigenvalue weighted by atomic mass is 28.4. The predicted octanol–water partition coefficient (Wildman–Crippen LogP) is 1.80. The van der Waals surface area contributed by atoms with Crippen LogP contribution in [-0.4, -0.2) is 33.2 Å².